The Kier molecular flexibility index (Phi) is 12.0. The highest BCUT2D eigenvalue weighted by molar-refractivity contribution is 5.46. The third kappa shape index (κ3) is 9.10. The van der Waals surface area contributed by atoms with Crippen LogP contribution in [0.5, 0.6) is 0 Å². The Morgan fingerprint density at radius 2 is 0.717 bits per heavy atom. The summed E-state index contributed by atoms with van der Waals surface area (Å²) in [5, 5.41) is 19.9. The van der Waals surface area contributed by atoms with Crippen LogP contribution in [0.4, 0.5) is 0 Å². The van der Waals surface area contributed by atoms with Crippen molar-refractivity contribution in [3.63, 3.8) is 0 Å². The highest BCUT2D eigenvalue weighted by Crippen LogP contribution is 2.32. The second-order valence-electron chi connectivity index (χ2n) is 14.1. The Bertz CT molecular complexity index is 2240. The van der Waals surface area contributed by atoms with Crippen LogP contribution in [0.1, 0.15) is 79.1 Å². The van der Waals surface area contributed by atoms with Gasteiger partial charge >= 0.3 is 0 Å². The van der Waals surface area contributed by atoms with Crippen molar-refractivity contribution in [3.05, 3.63) is 248 Å². The molecule has 2 nitrogen and oxygen atoms in total. The number of aliphatic hydroxyl groups excluding tert-OH is 2. The van der Waals surface area contributed by atoms with Crippen LogP contribution < -0.4 is 0 Å². The predicted octanol–water partition coefficient (Wildman–Crippen LogP) is 10.8. The predicted molar refractivity (Wildman–Crippen MR) is 219 cm³/mol. The van der Waals surface area contributed by atoms with Crippen LogP contribution in [-0.2, 0) is 45.3 Å². The first-order valence-electron chi connectivity index (χ1n) is 18.9. The summed E-state index contributed by atoms with van der Waals surface area (Å²) < 4.78 is 0. The molecule has 1 atom stereocenters. The first-order valence-corrected chi connectivity index (χ1v) is 18.9. The second kappa shape index (κ2) is 17.8. The molecule has 0 bridgehead atoms. The number of hydrogen-bond donors (Lipinski definition) is 2. The first-order chi connectivity index (χ1) is 26.2. The lowest BCUT2D eigenvalue weighted by Gasteiger charge is -2.20. The number of aliphatic hydroxyl groups is 2. The SMILES string of the molecule is OCc1ccccc1Cc1ccccc1Cc1ccccc1CC1=C\C(c2ccccc2Cc2ccccc2Cc2ccccc2CO)C\C=C/C=C\1. The van der Waals surface area contributed by atoms with Gasteiger partial charge in [-0.3, -0.25) is 0 Å². The topological polar surface area (TPSA) is 40.5 Å². The standard InChI is InChI=1S/C51H48O2/c52-36-49-27-12-10-23-45(49)33-42-20-7-6-19-41(42)32-40-18-5-4-17-39(40)30-38-16-2-1-3-25-47(31-38)51-29-15-14-26-48(51)35-44-22-9-8-21-43(44)34-46-24-11-13-28-50(46)37-53/h1-24,26-29,31,47,52-53H,25,30,32-37H2/b3-1-,16-2-,38-31-. The maximum atomic E-state index is 9.97. The fourth-order valence-electron chi connectivity index (χ4n) is 7.77. The Morgan fingerprint density at radius 3 is 1.15 bits per heavy atom. The largest absolute Gasteiger partial charge is 0.392 e. The van der Waals surface area contributed by atoms with Gasteiger partial charge in [-0.25, -0.2) is 0 Å². The van der Waals surface area contributed by atoms with Gasteiger partial charge in [0.1, 0.15) is 0 Å². The van der Waals surface area contributed by atoms with Crippen molar-refractivity contribution in [3.8, 4) is 0 Å². The van der Waals surface area contributed by atoms with Gasteiger partial charge in [0.25, 0.3) is 0 Å². The Balaban J connectivity index is 1.15. The minimum Gasteiger partial charge on any atom is -0.392 e. The molecule has 264 valence electrons. The Hall–Kier alpha value is -5.54. The van der Waals surface area contributed by atoms with Gasteiger partial charge in [-0.1, -0.05) is 176 Å². The van der Waals surface area contributed by atoms with E-state index >= 15 is 0 Å². The summed E-state index contributed by atoms with van der Waals surface area (Å²) in [6.45, 7) is 0.107. The van der Waals surface area contributed by atoms with Gasteiger partial charge in [0, 0.05) is 5.92 Å². The number of allylic oxidation sites excluding steroid dienone is 6. The highest BCUT2D eigenvalue weighted by atomic mass is 16.3. The van der Waals surface area contributed by atoms with Gasteiger partial charge in [0.05, 0.1) is 13.2 Å². The van der Waals surface area contributed by atoms with Crippen molar-refractivity contribution in [1.29, 1.82) is 0 Å². The van der Waals surface area contributed by atoms with Crippen LogP contribution in [0.15, 0.2) is 182 Å². The Morgan fingerprint density at radius 1 is 0.377 bits per heavy atom. The Labute approximate surface area is 315 Å². The minimum atomic E-state index is 0.0533. The molecule has 0 aliphatic heterocycles. The maximum Gasteiger partial charge on any atom is 0.0684 e. The van der Waals surface area contributed by atoms with E-state index in [9.17, 15) is 10.2 Å². The molecule has 2 N–H and O–H groups in total. The molecule has 7 rings (SSSR count). The zero-order valence-corrected chi connectivity index (χ0v) is 30.4. The van der Waals surface area contributed by atoms with Crippen LogP contribution in [0.25, 0.3) is 0 Å². The molecule has 0 saturated heterocycles. The van der Waals surface area contributed by atoms with Crippen molar-refractivity contribution >= 4 is 0 Å². The summed E-state index contributed by atoms with van der Waals surface area (Å²) in [6, 6.07) is 51.8. The molecule has 2 heteroatoms. The molecule has 0 amide bonds. The molecular weight excluding hydrogens is 645 g/mol. The molecule has 53 heavy (non-hydrogen) atoms. The third-order valence-corrected chi connectivity index (χ3v) is 10.7. The van der Waals surface area contributed by atoms with Crippen LogP contribution in [0.2, 0.25) is 0 Å². The van der Waals surface area contributed by atoms with Gasteiger partial charge < -0.3 is 10.2 Å². The fraction of sp³-hybridized carbons (Fsp3) is 0.176. The lowest BCUT2D eigenvalue weighted by Crippen LogP contribution is -2.06. The molecular formula is C51H48O2. The smallest absolute Gasteiger partial charge is 0.0684 e. The van der Waals surface area contributed by atoms with Gasteiger partial charge in [-0.05, 0) is 111 Å². The molecule has 1 unspecified atom stereocenters. The van der Waals surface area contributed by atoms with Gasteiger partial charge in [0.2, 0.25) is 0 Å². The first kappa shape index (κ1) is 35.8. The van der Waals surface area contributed by atoms with E-state index < -0.39 is 0 Å². The van der Waals surface area contributed by atoms with Crippen LogP contribution >= 0.6 is 0 Å². The second-order valence-corrected chi connectivity index (χ2v) is 14.1. The fourth-order valence-corrected chi connectivity index (χ4v) is 7.77. The molecule has 1 aliphatic rings. The van der Waals surface area contributed by atoms with Crippen molar-refractivity contribution in [2.24, 2.45) is 0 Å². The molecule has 0 aromatic heterocycles. The van der Waals surface area contributed by atoms with E-state index in [4.69, 9.17) is 0 Å². The van der Waals surface area contributed by atoms with Crippen molar-refractivity contribution in [2.45, 2.75) is 57.7 Å². The van der Waals surface area contributed by atoms with E-state index in [0.717, 1.165) is 49.7 Å². The summed E-state index contributed by atoms with van der Waals surface area (Å²) in [4.78, 5) is 0. The molecule has 0 radical (unpaired) electrons. The zero-order chi connectivity index (χ0) is 36.2. The lowest BCUT2D eigenvalue weighted by molar-refractivity contribution is 0.280. The van der Waals surface area contributed by atoms with Gasteiger partial charge in [-0.2, -0.15) is 0 Å². The van der Waals surface area contributed by atoms with Gasteiger partial charge in [0.15, 0.2) is 0 Å². The molecule has 6 aromatic rings. The lowest BCUT2D eigenvalue weighted by atomic mass is 9.84. The number of hydrogen-bond acceptors (Lipinski definition) is 2. The number of benzene rings is 6. The van der Waals surface area contributed by atoms with Gasteiger partial charge in [-0.15, -0.1) is 0 Å². The van der Waals surface area contributed by atoms with E-state index in [1.54, 1.807) is 0 Å². The number of rotatable bonds is 13. The third-order valence-electron chi connectivity index (χ3n) is 10.7. The van der Waals surface area contributed by atoms with Crippen LogP contribution in [0.3, 0.4) is 0 Å². The molecule has 0 fully saturated rings. The van der Waals surface area contributed by atoms with E-state index in [1.807, 2.05) is 24.3 Å². The molecule has 0 saturated carbocycles. The highest BCUT2D eigenvalue weighted by Gasteiger charge is 2.17. The maximum absolute atomic E-state index is 9.97. The molecule has 0 heterocycles. The van der Waals surface area contributed by atoms with E-state index in [1.165, 1.54) is 61.2 Å². The molecule has 0 spiro atoms. The normalized spacial score (nSPS) is 16.3. The summed E-state index contributed by atoms with van der Waals surface area (Å²) in [6.07, 6.45) is 16.6. The summed E-state index contributed by atoms with van der Waals surface area (Å²) >= 11 is 0. The monoisotopic (exact) mass is 692 g/mol. The van der Waals surface area contributed by atoms with Crippen LogP contribution in [0, 0.1) is 0 Å². The quantitative estimate of drug-likeness (QED) is 0.126. The molecule has 1 aliphatic carbocycles. The minimum absolute atomic E-state index is 0.0533. The van der Waals surface area contributed by atoms with Crippen LogP contribution in [-0.4, -0.2) is 10.2 Å². The molecule has 6 aromatic carbocycles. The summed E-state index contributed by atoms with van der Waals surface area (Å²) in [7, 11) is 0. The van der Waals surface area contributed by atoms with E-state index in [2.05, 4.69) is 152 Å². The van der Waals surface area contributed by atoms with E-state index in [0.29, 0.717) is 0 Å². The summed E-state index contributed by atoms with van der Waals surface area (Å²) in [5.41, 5.74) is 16.3. The van der Waals surface area contributed by atoms with Crippen molar-refractivity contribution in [1.82, 2.24) is 0 Å². The summed E-state index contributed by atoms with van der Waals surface area (Å²) in [5.74, 6) is 0.254. The zero-order valence-electron chi connectivity index (χ0n) is 30.4. The van der Waals surface area contributed by atoms with Crippen molar-refractivity contribution < 1.29 is 10.2 Å². The van der Waals surface area contributed by atoms with E-state index in [-0.39, 0.29) is 19.1 Å². The average Bonchev–Trinajstić information content (AvgIpc) is 3.19. The van der Waals surface area contributed by atoms with Crippen molar-refractivity contribution in [2.75, 3.05) is 0 Å². The average molecular weight is 693 g/mol.